The lowest BCUT2D eigenvalue weighted by atomic mass is 10.0. The van der Waals surface area contributed by atoms with Crippen LogP contribution in [0.25, 0.3) is 0 Å². The van der Waals surface area contributed by atoms with E-state index in [-0.39, 0.29) is 17.6 Å². The number of benzene rings is 2. The molecule has 2 aromatic rings. The number of carbonyl (C=O) groups is 1. The Kier molecular flexibility index (Phi) is 8.60. The number of carbonyl (C=O) groups excluding carboxylic acids is 1. The van der Waals surface area contributed by atoms with E-state index in [1.165, 1.54) is 6.07 Å². The molecule has 2 aromatic carbocycles. The first-order valence-corrected chi connectivity index (χ1v) is 12.7. The van der Waals surface area contributed by atoms with E-state index in [0.717, 1.165) is 49.7 Å². The molecule has 2 aliphatic heterocycles. The van der Waals surface area contributed by atoms with Crippen molar-refractivity contribution >= 4 is 23.0 Å². The summed E-state index contributed by atoms with van der Waals surface area (Å²) in [5.74, 6) is 0.904. The van der Waals surface area contributed by atoms with Crippen molar-refractivity contribution in [3.05, 3.63) is 58.1 Å². The molecule has 0 aliphatic carbocycles. The fourth-order valence-electron chi connectivity index (χ4n) is 4.97. The number of piperidine rings is 1. The molecule has 2 aliphatic rings. The number of rotatable bonds is 8. The lowest BCUT2D eigenvalue weighted by Gasteiger charge is -2.37. The molecule has 0 saturated carbocycles. The Morgan fingerprint density at radius 3 is 2.42 bits per heavy atom. The first kappa shape index (κ1) is 27.5. The van der Waals surface area contributed by atoms with Gasteiger partial charge in [-0.05, 0) is 37.1 Å². The predicted octanol–water partition coefficient (Wildman–Crippen LogP) is 4.24. The molecule has 0 spiro atoms. The number of piperazine rings is 1. The maximum atomic E-state index is 13.3. The Balaban J connectivity index is 1.20. The second-order valence-corrected chi connectivity index (χ2v) is 9.57. The summed E-state index contributed by atoms with van der Waals surface area (Å²) >= 11 is 0. The van der Waals surface area contributed by atoms with E-state index in [1.54, 1.807) is 7.11 Å². The number of hydrogen-bond acceptors (Lipinski definition) is 7. The van der Waals surface area contributed by atoms with E-state index >= 15 is 0 Å². The van der Waals surface area contributed by atoms with Crippen LogP contribution in [0.4, 0.5) is 30.2 Å². The molecule has 1 amide bonds. The van der Waals surface area contributed by atoms with E-state index in [4.69, 9.17) is 4.74 Å². The molecule has 206 valence electrons. The Labute approximate surface area is 219 Å². The summed E-state index contributed by atoms with van der Waals surface area (Å²) in [7, 11) is 1.65. The zero-order valence-corrected chi connectivity index (χ0v) is 21.2. The Hall–Kier alpha value is -3.54. The number of alkyl halides is 3. The molecule has 9 nitrogen and oxygen atoms in total. The maximum Gasteiger partial charge on any atom is 0.423 e. The first-order chi connectivity index (χ1) is 18.1. The third-order valence-corrected chi connectivity index (χ3v) is 7.15. The van der Waals surface area contributed by atoms with Gasteiger partial charge in [-0.25, -0.2) is 0 Å². The number of amides is 1. The molecule has 0 radical (unpaired) electrons. The summed E-state index contributed by atoms with van der Waals surface area (Å²) in [6.45, 7) is 5.19. The predicted molar refractivity (Wildman–Crippen MR) is 138 cm³/mol. The lowest BCUT2D eigenvalue weighted by Crippen LogP contribution is -2.48. The van der Waals surface area contributed by atoms with E-state index in [9.17, 15) is 28.1 Å². The van der Waals surface area contributed by atoms with E-state index < -0.39 is 22.4 Å². The minimum absolute atomic E-state index is 0.0772. The molecule has 0 atom stereocenters. The largest absolute Gasteiger partial charge is 0.497 e. The lowest BCUT2D eigenvalue weighted by molar-refractivity contribution is -0.388. The molecular formula is C26H32F3N5O4. The summed E-state index contributed by atoms with van der Waals surface area (Å²) < 4.78 is 45.1. The Morgan fingerprint density at radius 2 is 1.79 bits per heavy atom. The number of nitro benzene ring substituents is 1. The fourth-order valence-corrected chi connectivity index (χ4v) is 4.97. The molecule has 4 rings (SSSR count). The van der Waals surface area contributed by atoms with Crippen molar-refractivity contribution in [3.8, 4) is 5.75 Å². The number of nitro groups is 1. The zero-order chi connectivity index (χ0) is 27.3. The number of methoxy groups -OCH3 is 1. The summed E-state index contributed by atoms with van der Waals surface area (Å²) in [5.41, 5.74) is -0.935. The molecule has 12 heteroatoms. The van der Waals surface area contributed by atoms with Crippen LogP contribution in [0.2, 0.25) is 0 Å². The highest BCUT2D eigenvalue weighted by atomic mass is 19.4. The topological polar surface area (TPSA) is 91.2 Å². The van der Waals surface area contributed by atoms with Crippen molar-refractivity contribution in [1.82, 2.24) is 9.80 Å². The number of hydrogen-bond donors (Lipinski definition) is 1. The minimum Gasteiger partial charge on any atom is -0.497 e. The molecule has 0 aromatic heterocycles. The van der Waals surface area contributed by atoms with Crippen LogP contribution in [0, 0.1) is 10.1 Å². The van der Waals surface area contributed by atoms with Gasteiger partial charge in [0.25, 0.3) is 5.69 Å². The molecule has 38 heavy (non-hydrogen) atoms. The summed E-state index contributed by atoms with van der Waals surface area (Å²) in [5, 5.41) is 14.0. The molecule has 1 N–H and O–H groups in total. The smallest absolute Gasteiger partial charge is 0.423 e. The van der Waals surface area contributed by atoms with E-state index in [0.29, 0.717) is 38.9 Å². The highest BCUT2D eigenvalue weighted by Gasteiger charge is 2.38. The van der Waals surface area contributed by atoms with Gasteiger partial charge in [0.2, 0.25) is 5.91 Å². The van der Waals surface area contributed by atoms with Crippen molar-refractivity contribution in [1.29, 1.82) is 0 Å². The zero-order valence-electron chi connectivity index (χ0n) is 21.2. The normalized spacial score (nSPS) is 17.4. The van der Waals surface area contributed by atoms with Crippen molar-refractivity contribution in [2.24, 2.45) is 0 Å². The van der Waals surface area contributed by atoms with Crippen LogP contribution in [-0.2, 0) is 11.0 Å². The van der Waals surface area contributed by atoms with Crippen molar-refractivity contribution in [2.45, 2.75) is 31.5 Å². The van der Waals surface area contributed by atoms with E-state index in [2.05, 4.69) is 21.2 Å². The van der Waals surface area contributed by atoms with Crippen molar-refractivity contribution < 1.29 is 27.6 Å². The number of ether oxygens (including phenoxy) is 1. The van der Waals surface area contributed by atoms with Gasteiger partial charge in [-0.2, -0.15) is 13.2 Å². The van der Waals surface area contributed by atoms with Crippen LogP contribution in [0.3, 0.4) is 0 Å². The number of nitrogens with one attached hydrogen (secondary N) is 1. The van der Waals surface area contributed by atoms with Crippen LogP contribution in [0.1, 0.15) is 24.8 Å². The molecule has 2 heterocycles. The van der Waals surface area contributed by atoms with Crippen molar-refractivity contribution in [3.63, 3.8) is 0 Å². The molecule has 0 unspecified atom stereocenters. The number of likely N-dealkylation sites (tertiary alicyclic amines) is 1. The fraction of sp³-hybridized carbons (Fsp3) is 0.500. The molecular weight excluding hydrogens is 503 g/mol. The highest BCUT2D eigenvalue weighted by Crippen LogP contribution is 2.38. The van der Waals surface area contributed by atoms with Crippen LogP contribution < -0.4 is 15.0 Å². The van der Waals surface area contributed by atoms with Crippen LogP contribution in [-0.4, -0.2) is 79.6 Å². The number of halogens is 3. The van der Waals surface area contributed by atoms with Crippen LogP contribution in [0.5, 0.6) is 5.75 Å². The second-order valence-electron chi connectivity index (χ2n) is 9.57. The first-order valence-electron chi connectivity index (χ1n) is 12.7. The molecule has 0 bridgehead atoms. The monoisotopic (exact) mass is 535 g/mol. The van der Waals surface area contributed by atoms with E-state index in [1.807, 2.05) is 23.1 Å². The number of anilines is 2. The average molecular weight is 536 g/mol. The van der Waals surface area contributed by atoms with Gasteiger partial charge < -0.3 is 19.9 Å². The second kappa shape index (κ2) is 11.9. The van der Waals surface area contributed by atoms with Crippen LogP contribution in [0.15, 0.2) is 42.5 Å². The third kappa shape index (κ3) is 6.85. The van der Waals surface area contributed by atoms with Gasteiger partial charge in [0.05, 0.1) is 12.0 Å². The quantitative estimate of drug-likeness (QED) is 0.400. The summed E-state index contributed by atoms with van der Waals surface area (Å²) in [4.78, 5) is 29.1. The highest BCUT2D eigenvalue weighted by molar-refractivity contribution is 5.76. The van der Waals surface area contributed by atoms with Gasteiger partial charge in [-0.1, -0.05) is 6.07 Å². The standard InChI is InChI=1S/C26H32F3N5O4/c1-38-22-4-2-3-21(18-22)32-15-13-31(14-16-32)10-9-25(35)33-11-7-19(8-12-33)30-20-5-6-24(34(36)37)23(17-20)26(27,28)29/h2-6,17-19,30H,7-16H2,1H3. The van der Waals surface area contributed by atoms with Gasteiger partial charge >= 0.3 is 6.18 Å². The minimum atomic E-state index is -4.82. The summed E-state index contributed by atoms with van der Waals surface area (Å²) in [6.07, 6.45) is -3.22. The van der Waals surface area contributed by atoms with Gasteiger partial charge in [0, 0.05) is 81.8 Å². The van der Waals surface area contributed by atoms with Gasteiger partial charge in [0.1, 0.15) is 11.3 Å². The SMILES string of the molecule is COc1cccc(N2CCN(CCC(=O)N3CCC(Nc4ccc([N+](=O)[O-])c(C(F)(F)F)c4)CC3)CC2)c1. The van der Waals surface area contributed by atoms with Gasteiger partial charge in [-0.15, -0.1) is 0 Å². The third-order valence-electron chi connectivity index (χ3n) is 7.15. The van der Waals surface area contributed by atoms with Crippen LogP contribution >= 0.6 is 0 Å². The average Bonchev–Trinajstić information content (AvgIpc) is 2.92. The Bertz CT molecular complexity index is 1130. The van der Waals surface area contributed by atoms with Crippen molar-refractivity contribution in [2.75, 3.05) is 63.1 Å². The summed E-state index contributed by atoms with van der Waals surface area (Å²) in [6, 6.07) is 10.8. The maximum absolute atomic E-state index is 13.3. The number of nitrogens with zero attached hydrogens (tertiary/aromatic N) is 4. The Morgan fingerprint density at radius 1 is 1.08 bits per heavy atom. The molecule has 2 fully saturated rings. The molecule has 2 saturated heterocycles. The van der Waals surface area contributed by atoms with Gasteiger partial charge in [0.15, 0.2) is 0 Å². The van der Waals surface area contributed by atoms with Gasteiger partial charge in [-0.3, -0.25) is 19.8 Å².